The summed E-state index contributed by atoms with van der Waals surface area (Å²) in [6.07, 6.45) is 1.64. The molecule has 1 aromatic heterocycles. The van der Waals surface area contributed by atoms with Crippen LogP contribution in [0.5, 0.6) is 11.5 Å². The van der Waals surface area contributed by atoms with Crippen LogP contribution in [0.3, 0.4) is 0 Å². The topological polar surface area (TPSA) is 89.5 Å². The van der Waals surface area contributed by atoms with E-state index in [1.807, 2.05) is 24.3 Å². The molecule has 7 heteroatoms. The zero-order valence-electron chi connectivity index (χ0n) is 16.1. The van der Waals surface area contributed by atoms with E-state index in [1.54, 1.807) is 30.3 Å². The number of hydrogen-bond acceptors (Lipinski definition) is 5. The summed E-state index contributed by atoms with van der Waals surface area (Å²) in [5.41, 5.74) is 3.80. The fourth-order valence-electron chi connectivity index (χ4n) is 3.61. The van der Waals surface area contributed by atoms with E-state index in [0.717, 1.165) is 35.5 Å². The van der Waals surface area contributed by atoms with Crippen LogP contribution in [0.25, 0.3) is 0 Å². The first kappa shape index (κ1) is 18.2. The molecule has 2 aromatic carbocycles. The Kier molecular flexibility index (Phi) is 4.55. The third-order valence-electron chi connectivity index (χ3n) is 5.11. The van der Waals surface area contributed by atoms with E-state index in [1.165, 1.54) is 0 Å². The van der Waals surface area contributed by atoms with Gasteiger partial charge in [0.05, 0.1) is 13.2 Å². The molecular weight excluding hydrogens is 382 g/mol. The number of anilines is 2. The number of nitrogens with zero attached hydrogens (tertiary/aromatic N) is 1. The standard InChI is InChI=1S/C23H19N3O4/c27-22(24-16-4-6-20-14(12-16)8-10-29-20)18-2-1-3-19(26-18)23(28)25-17-5-7-21-15(13-17)9-11-30-21/h1-7,12-13H,8-11H2,(H,24,27)(H,25,28). The van der Waals surface area contributed by atoms with Gasteiger partial charge in [-0.2, -0.15) is 0 Å². The van der Waals surface area contributed by atoms with Gasteiger partial charge in [-0.1, -0.05) is 6.07 Å². The maximum atomic E-state index is 12.6. The van der Waals surface area contributed by atoms with Crippen molar-refractivity contribution < 1.29 is 19.1 Å². The van der Waals surface area contributed by atoms with Crippen LogP contribution in [-0.4, -0.2) is 30.0 Å². The van der Waals surface area contributed by atoms with Gasteiger partial charge in [-0.3, -0.25) is 9.59 Å². The Hall–Kier alpha value is -3.87. The van der Waals surface area contributed by atoms with Crippen molar-refractivity contribution in [2.75, 3.05) is 23.8 Å². The summed E-state index contributed by atoms with van der Waals surface area (Å²) in [5, 5.41) is 5.66. The number of fused-ring (bicyclic) bond motifs is 2. The molecule has 2 amide bonds. The number of carbonyl (C=O) groups is 2. The minimum atomic E-state index is -0.377. The van der Waals surface area contributed by atoms with E-state index in [2.05, 4.69) is 15.6 Å². The summed E-state index contributed by atoms with van der Waals surface area (Å²) in [6, 6.07) is 15.9. The third-order valence-corrected chi connectivity index (χ3v) is 5.11. The smallest absolute Gasteiger partial charge is 0.274 e. The Morgan fingerprint density at radius 3 is 1.73 bits per heavy atom. The second-order valence-electron chi connectivity index (χ2n) is 7.16. The first-order chi connectivity index (χ1) is 14.7. The zero-order chi connectivity index (χ0) is 20.5. The molecule has 0 fully saturated rings. The first-order valence-electron chi connectivity index (χ1n) is 9.77. The number of benzene rings is 2. The van der Waals surface area contributed by atoms with Gasteiger partial charge >= 0.3 is 0 Å². The molecule has 0 unspecified atom stereocenters. The van der Waals surface area contributed by atoms with Gasteiger partial charge in [0.2, 0.25) is 0 Å². The van der Waals surface area contributed by atoms with Gasteiger partial charge in [-0.25, -0.2) is 4.98 Å². The Morgan fingerprint density at radius 2 is 1.23 bits per heavy atom. The maximum absolute atomic E-state index is 12.6. The number of carbonyl (C=O) groups excluding carboxylic acids is 2. The van der Waals surface area contributed by atoms with Crippen molar-refractivity contribution in [1.29, 1.82) is 0 Å². The molecule has 2 aliphatic rings. The summed E-state index contributed by atoms with van der Waals surface area (Å²) >= 11 is 0. The van der Waals surface area contributed by atoms with Crippen molar-refractivity contribution in [3.8, 4) is 11.5 Å². The number of hydrogen-bond donors (Lipinski definition) is 2. The molecule has 3 aromatic rings. The highest BCUT2D eigenvalue weighted by atomic mass is 16.5. The summed E-state index contributed by atoms with van der Waals surface area (Å²) in [5.74, 6) is 0.946. The number of aromatic nitrogens is 1. The van der Waals surface area contributed by atoms with Crippen LogP contribution < -0.4 is 20.1 Å². The maximum Gasteiger partial charge on any atom is 0.274 e. The summed E-state index contributed by atoms with van der Waals surface area (Å²) in [7, 11) is 0. The van der Waals surface area contributed by atoms with E-state index in [0.29, 0.717) is 24.6 Å². The molecule has 0 saturated heterocycles. The molecule has 0 radical (unpaired) electrons. The second kappa shape index (κ2) is 7.51. The lowest BCUT2D eigenvalue weighted by Crippen LogP contribution is -2.18. The monoisotopic (exact) mass is 401 g/mol. The van der Waals surface area contributed by atoms with Crippen molar-refractivity contribution in [1.82, 2.24) is 4.98 Å². The quantitative estimate of drug-likeness (QED) is 0.699. The van der Waals surface area contributed by atoms with Gasteiger partial charge in [0.25, 0.3) is 11.8 Å². The molecule has 0 aliphatic carbocycles. The Labute approximate surface area is 173 Å². The number of amides is 2. The van der Waals surface area contributed by atoms with Gasteiger partial charge in [-0.05, 0) is 59.7 Å². The Balaban J connectivity index is 1.29. The zero-order valence-corrected chi connectivity index (χ0v) is 16.1. The van der Waals surface area contributed by atoms with E-state index in [4.69, 9.17) is 9.47 Å². The van der Waals surface area contributed by atoms with Crippen molar-refractivity contribution in [2.24, 2.45) is 0 Å². The average Bonchev–Trinajstić information content (AvgIpc) is 3.42. The lowest BCUT2D eigenvalue weighted by Gasteiger charge is -2.09. The number of rotatable bonds is 4. The van der Waals surface area contributed by atoms with Gasteiger partial charge in [0, 0.05) is 24.2 Å². The summed E-state index contributed by atoms with van der Waals surface area (Å²) in [6.45, 7) is 1.31. The van der Waals surface area contributed by atoms with Crippen molar-refractivity contribution >= 4 is 23.2 Å². The lowest BCUT2D eigenvalue weighted by atomic mass is 10.1. The lowest BCUT2D eigenvalue weighted by molar-refractivity contribution is 0.101. The van der Waals surface area contributed by atoms with Crippen LogP contribution in [0.15, 0.2) is 54.6 Å². The first-order valence-corrected chi connectivity index (χ1v) is 9.77. The van der Waals surface area contributed by atoms with Gasteiger partial charge in [-0.15, -0.1) is 0 Å². The molecule has 0 bridgehead atoms. The Bertz CT molecular complexity index is 1070. The molecule has 0 saturated carbocycles. The van der Waals surface area contributed by atoms with Crippen molar-refractivity contribution in [3.05, 3.63) is 77.1 Å². The minimum absolute atomic E-state index is 0.168. The third kappa shape index (κ3) is 3.57. The second-order valence-corrected chi connectivity index (χ2v) is 7.16. The van der Waals surface area contributed by atoms with Crippen molar-refractivity contribution in [2.45, 2.75) is 12.8 Å². The van der Waals surface area contributed by atoms with Crippen LogP contribution in [-0.2, 0) is 12.8 Å². The molecule has 30 heavy (non-hydrogen) atoms. The normalized spacial score (nSPS) is 13.6. The fraction of sp³-hybridized carbons (Fsp3) is 0.174. The van der Waals surface area contributed by atoms with Crippen LogP contribution >= 0.6 is 0 Å². The fourth-order valence-corrected chi connectivity index (χ4v) is 3.61. The Morgan fingerprint density at radius 1 is 0.733 bits per heavy atom. The molecule has 2 N–H and O–H groups in total. The molecule has 5 rings (SSSR count). The highest BCUT2D eigenvalue weighted by molar-refractivity contribution is 6.06. The van der Waals surface area contributed by atoms with E-state index < -0.39 is 0 Å². The predicted molar refractivity (Wildman–Crippen MR) is 111 cm³/mol. The number of pyridine rings is 1. The molecule has 7 nitrogen and oxygen atoms in total. The van der Waals surface area contributed by atoms with Crippen LogP contribution in [0.4, 0.5) is 11.4 Å². The number of ether oxygens (including phenoxy) is 2. The summed E-state index contributed by atoms with van der Waals surface area (Å²) < 4.78 is 11.0. The van der Waals surface area contributed by atoms with E-state index in [-0.39, 0.29) is 23.2 Å². The van der Waals surface area contributed by atoms with Crippen LogP contribution in [0.2, 0.25) is 0 Å². The minimum Gasteiger partial charge on any atom is -0.493 e. The van der Waals surface area contributed by atoms with Crippen LogP contribution in [0.1, 0.15) is 32.1 Å². The molecule has 3 heterocycles. The molecular formula is C23H19N3O4. The van der Waals surface area contributed by atoms with E-state index >= 15 is 0 Å². The highest BCUT2D eigenvalue weighted by Crippen LogP contribution is 2.29. The van der Waals surface area contributed by atoms with E-state index in [9.17, 15) is 9.59 Å². The van der Waals surface area contributed by atoms with Crippen molar-refractivity contribution in [3.63, 3.8) is 0 Å². The van der Waals surface area contributed by atoms with Crippen LogP contribution in [0, 0.1) is 0 Å². The van der Waals surface area contributed by atoms with Gasteiger partial charge in [0.1, 0.15) is 22.9 Å². The highest BCUT2D eigenvalue weighted by Gasteiger charge is 2.17. The molecule has 150 valence electrons. The molecule has 0 atom stereocenters. The molecule has 2 aliphatic heterocycles. The summed E-state index contributed by atoms with van der Waals surface area (Å²) in [4.78, 5) is 29.5. The number of nitrogens with one attached hydrogen (secondary N) is 2. The largest absolute Gasteiger partial charge is 0.493 e. The van der Waals surface area contributed by atoms with Gasteiger partial charge in [0.15, 0.2) is 0 Å². The average molecular weight is 401 g/mol. The predicted octanol–water partition coefficient (Wildman–Crippen LogP) is 3.46. The molecule has 0 spiro atoms. The SMILES string of the molecule is O=C(Nc1ccc2c(c1)CCO2)c1cccc(C(=O)Nc2ccc3c(c2)CCO3)n1. The van der Waals surface area contributed by atoms with Gasteiger partial charge < -0.3 is 20.1 Å².